The van der Waals surface area contributed by atoms with Crippen molar-refractivity contribution in [2.45, 2.75) is 9.92 Å². The summed E-state index contributed by atoms with van der Waals surface area (Å²) in [6.07, 6.45) is 0. The van der Waals surface area contributed by atoms with Crippen LogP contribution in [0.2, 0.25) is 0 Å². The average Bonchev–Trinajstić information content (AvgIpc) is 2.69. The van der Waals surface area contributed by atoms with Crippen molar-refractivity contribution in [3.05, 3.63) is 72.5 Å². The minimum Gasteiger partial charge on any atom is -0.399 e. The molecule has 4 rings (SSSR count). The Labute approximate surface area is 160 Å². The highest BCUT2D eigenvalue weighted by Crippen LogP contribution is 2.34. The Morgan fingerprint density at radius 3 is 2.14 bits per heavy atom. The number of nitrogen functional groups attached to an aromatic ring is 2. The lowest BCUT2D eigenvalue weighted by Crippen LogP contribution is -2.09. The van der Waals surface area contributed by atoms with Gasteiger partial charge in [-0.1, -0.05) is 12.1 Å². The fraction of sp³-hybridized carbons (Fsp3) is 0. The van der Waals surface area contributed by atoms with Crippen LogP contribution < -0.4 is 11.5 Å². The van der Waals surface area contributed by atoms with Crippen LogP contribution in [0.1, 0.15) is 0 Å². The second-order valence-corrected chi connectivity index (χ2v) is 8.04. The van der Waals surface area contributed by atoms with Crippen molar-refractivity contribution in [1.29, 1.82) is 0 Å². The topological polar surface area (TPSA) is 112 Å². The molecule has 0 radical (unpaired) electrons. The molecule has 0 aliphatic heterocycles. The first-order chi connectivity index (χ1) is 13.4. The number of fused-ring (bicyclic) bond motifs is 1. The number of para-hydroxylation sites is 2. The van der Waals surface area contributed by atoms with Gasteiger partial charge in [-0.2, -0.15) is 0 Å². The van der Waals surface area contributed by atoms with E-state index in [0.717, 1.165) is 12.1 Å². The third-order valence-electron chi connectivity index (χ3n) is 4.25. The van der Waals surface area contributed by atoms with E-state index >= 15 is 0 Å². The number of hydrogen-bond donors (Lipinski definition) is 2. The van der Waals surface area contributed by atoms with Crippen molar-refractivity contribution in [3.63, 3.8) is 0 Å². The molecule has 0 spiro atoms. The van der Waals surface area contributed by atoms with Gasteiger partial charge in [-0.05, 0) is 54.6 Å². The van der Waals surface area contributed by atoms with E-state index in [1.54, 1.807) is 42.5 Å². The van der Waals surface area contributed by atoms with E-state index in [1.165, 1.54) is 12.1 Å². The lowest BCUT2D eigenvalue weighted by molar-refractivity contribution is 0.591. The summed E-state index contributed by atoms with van der Waals surface area (Å²) in [5.41, 5.74) is 14.0. The molecule has 0 fully saturated rings. The second-order valence-electron chi connectivity index (χ2n) is 6.17. The van der Waals surface area contributed by atoms with Crippen molar-refractivity contribution in [3.8, 4) is 11.3 Å². The summed E-state index contributed by atoms with van der Waals surface area (Å²) in [4.78, 5) is 8.76. The third-order valence-corrected chi connectivity index (χ3v) is 5.94. The van der Waals surface area contributed by atoms with Crippen LogP contribution >= 0.6 is 0 Å². The maximum atomic E-state index is 13.3. The zero-order valence-corrected chi connectivity index (χ0v) is 15.3. The van der Waals surface area contributed by atoms with Crippen molar-refractivity contribution in [1.82, 2.24) is 9.97 Å². The highest BCUT2D eigenvalue weighted by molar-refractivity contribution is 7.91. The molecule has 0 saturated carbocycles. The van der Waals surface area contributed by atoms with Gasteiger partial charge >= 0.3 is 0 Å². The summed E-state index contributed by atoms with van der Waals surface area (Å²) < 4.78 is 39.8. The Morgan fingerprint density at radius 2 is 1.46 bits per heavy atom. The molecule has 1 aromatic heterocycles. The third kappa shape index (κ3) is 3.03. The fourth-order valence-corrected chi connectivity index (χ4v) is 4.20. The lowest BCUT2D eigenvalue weighted by atomic mass is 10.1. The van der Waals surface area contributed by atoms with Gasteiger partial charge in [-0.25, -0.2) is 22.8 Å². The molecule has 4 aromatic rings. The normalized spacial score (nSPS) is 11.6. The van der Waals surface area contributed by atoms with Gasteiger partial charge in [0.05, 0.1) is 15.9 Å². The van der Waals surface area contributed by atoms with Gasteiger partial charge in [0.1, 0.15) is 11.5 Å². The Hall–Kier alpha value is -3.52. The van der Waals surface area contributed by atoms with Gasteiger partial charge in [0.2, 0.25) is 9.84 Å². The van der Waals surface area contributed by atoms with Gasteiger partial charge in [0.25, 0.3) is 0 Å². The van der Waals surface area contributed by atoms with Crippen LogP contribution in [0.5, 0.6) is 0 Å². The molecule has 0 atom stereocenters. The van der Waals surface area contributed by atoms with E-state index in [-0.39, 0.29) is 15.6 Å². The van der Waals surface area contributed by atoms with E-state index in [4.69, 9.17) is 11.5 Å². The highest BCUT2D eigenvalue weighted by atomic mass is 32.2. The number of aromatic nitrogens is 2. The number of anilines is 2. The number of rotatable bonds is 3. The molecule has 8 heteroatoms. The van der Waals surface area contributed by atoms with E-state index in [2.05, 4.69) is 9.97 Å². The molecule has 3 aromatic carbocycles. The van der Waals surface area contributed by atoms with Crippen molar-refractivity contribution in [2.75, 3.05) is 11.5 Å². The van der Waals surface area contributed by atoms with Crippen LogP contribution in [-0.4, -0.2) is 18.4 Å². The van der Waals surface area contributed by atoms with Crippen molar-refractivity contribution >= 4 is 32.2 Å². The maximum absolute atomic E-state index is 13.3. The van der Waals surface area contributed by atoms with Gasteiger partial charge < -0.3 is 11.5 Å². The average molecular weight is 394 g/mol. The van der Waals surface area contributed by atoms with Gasteiger partial charge in [0, 0.05) is 16.9 Å². The molecule has 6 nitrogen and oxygen atoms in total. The molecule has 28 heavy (non-hydrogen) atoms. The molecule has 0 amide bonds. The van der Waals surface area contributed by atoms with E-state index in [1.807, 2.05) is 0 Å². The Kier molecular flexibility index (Phi) is 4.20. The SMILES string of the molecule is Nc1ccc(N)c(-c2nc3ccccc3nc2S(=O)(=O)c2ccc(F)cc2)c1. The zero-order valence-electron chi connectivity index (χ0n) is 14.5. The van der Waals surface area contributed by atoms with Gasteiger partial charge in [-0.3, -0.25) is 0 Å². The fourth-order valence-electron chi connectivity index (χ4n) is 2.85. The molecule has 0 saturated heterocycles. The Balaban J connectivity index is 2.06. The second kappa shape index (κ2) is 6.58. The summed E-state index contributed by atoms with van der Waals surface area (Å²) in [6, 6.07) is 16.2. The van der Waals surface area contributed by atoms with E-state index in [0.29, 0.717) is 28.0 Å². The minimum absolute atomic E-state index is 0.0906. The van der Waals surface area contributed by atoms with Crippen LogP contribution in [-0.2, 0) is 9.84 Å². The molecule has 0 bridgehead atoms. The number of benzene rings is 3. The zero-order chi connectivity index (χ0) is 19.9. The number of nitrogens with zero attached hydrogens (tertiary/aromatic N) is 2. The molecule has 0 aliphatic rings. The molecule has 0 unspecified atom stereocenters. The summed E-state index contributed by atoms with van der Waals surface area (Å²) in [5.74, 6) is -0.538. The number of halogens is 1. The Bertz CT molecular complexity index is 1310. The van der Waals surface area contributed by atoms with E-state index < -0.39 is 15.7 Å². The molecular formula is C20H15FN4O2S. The quantitative estimate of drug-likeness (QED) is 0.407. The highest BCUT2D eigenvalue weighted by Gasteiger charge is 2.27. The number of sulfone groups is 1. The first kappa shape index (κ1) is 17.9. The first-order valence-electron chi connectivity index (χ1n) is 8.29. The molecular weight excluding hydrogens is 379 g/mol. The summed E-state index contributed by atoms with van der Waals surface area (Å²) >= 11 is 0. The lowest BCUT2D eigenvalue weighted by Gasteiger charge is -2.13. The van der Waals surface area contributed by atoms with Crippen molar-refractivity contribution in [2.24, 2.45) is 0 Å². The standard InChI is InChI=1S/C20H15FN4O2S/c21-12-5-8-14(9-6-12)28(26,27)20-19(15-11-13(22)7-10-16(15)23)24-17-3-1-2-4-18(17)25-20/h1-11H,22-23H2. The summed E-state index contributed by atoms with van der Waals surface area (Å²) in [7, 11) is -4.09. The van der Waals surface area contributed by atoms with Crippen LogP contribution in [0.15, 0.2) is 76.7 Å². The number of hydrogen-bond acceptors (Lipinski definition) is 6. The van der Waals surface area contributed by atoms with Crippen LogP contribution in [0, 0.1) is 5.82 Å². The Morgan fingerprint density at radius 1 is 0.821 bits per heavy atom. The van der Waals surface area contributed by atoms with Gasteiger partial charge in [0.15, 0.2) is 5.03 Å². The van der Waals surface area contributed by atoms with Gasteiger partial charge in [-0.15, -0.1) is 0 Å². The predicted molar refractivity (Wildman–Crippen MR) is 106 cm³/mol. The molecule has 4 N–H and O–H groups in total. The van der Waals surface area contributed by atoms with Crippen LogP contribution in [0.3, 0.4) is 0 Å². The maximum Gasteiger partial charge on any atom is 0.226 e. The van der Waals surface area contributed by atoms with Crippen molar-refractivity contribution < 1.29 is 12.8 Å². The van der Waals surface area contributed by atoms with Crippen LogP contribution in [0.25, 0.3) is 22.3 Å². The molecule has 140 valence electrons. The number of nitrogens with two attached hydrogens (primary N) is 2. The van der Waals surface area contributed by atoms with Crippen LogP contribution in [0.4, 0.5) is 15.8 Å². The predicted octanol–water partition coefficient (Wildman–Crippen LogP) is 3.43. The summed E-state index contributed by atoms with van der Waals surface area (Å²) in [5, 5.41) is -0.268. The monoisotopic (exact) mass is 394 g/mol. The largest absolute Gasteiger partial charge is 0.399 e. The smallest absolute Gasteiger partial charge is 0.226 e. The summed E-state index contributed by atoms with van der Waals surface area (Å²) in [6.45, 7) is 0. The molecule has 0 aliphatic carbocycles. The molecule has 1 heterocycles. The minimum atomic E-state index is -4.09. The first-order valence-corrected chi connectivity index (χ1v) is 9.77. The van der Waals surface area contributed by atoms with E-state index in [9.17, 15) is 12.8 Å².